The second kappa shape index (κ2) is 23.2. The Morgan fingerprint density at radius 3 is 1.56 bits per heavy atom. The zero-order chi connectivity index (χ0) is 56.8. The first-order chi connectivity index (χ1) is 39.9. The Morgan fingerprint density at radius 1 is 0.610 bits per heavy atom. The van der Waals surface area contributed by atoms with Gasteiger partial charge in [-0.3, -0.25) is 14.3 Å². The first-order valence-corrected chi connectivity index (χ1v) is 26.7. The van der Waals surface area contributed by atoms with Gasteiger partial charge in [-0.05, 0) is 95.8 Å². The van der Waals surface area contributed by atoms with Gasteiger partial charge >= 0.3 is 11.9 Å². The third-order valence-electron chi connectivity index (χ3n) is 15.0. The second-order valence-corrected chi connectivity index (χ2v) is 20.2. The van der Waals surface area contributed by atoms with Crippen LogP contribution in [0.2, 0.25) is 0 Å². The lowest BCUT2D eigenvalue weighted by Crippen LogP contribution is -2.54. The molecule has 0 spiro atoms. The fraction of sp³-hybridized carbons (Fsp3) is 0.179. The van der Waals surface area contributed by atoms with E-state index in [9.17, 15) is 14.4 Å². The summed E-state index contributed by atoms with van der Waals surface area (Å²) in [7, 11) is 3.17. The molecule has 0 saturated carbocycles. The number of aromatic amines is 1. The smallest absolute Gasteiger partial charge is 0.338 e. The Bertz CT molecular complexity index is 3790. The van der Waals surface area contributed by atoms with Crippen LogP contribution < -0.4 is 20.3 Å². The molecule has 3 heterocycles. The standard InChI is InChI=1S/C67H58FN5O9/c1-44-25-29-46(30-26-44)62(75)79-41-65(42-80-67(51-21-13-7-14-22-51,52-23-15-8-16-24-52)53-35-39-55(78-4)40-36-53)58(81-63(76)47-31-27-45(2)28-32-47)56(68)61(82-65)73-43-69-57-59(73)70-64(71-60(57)74)72-66(48-17-9-5-10-18-48,49-19-11-6-12-20-49)50-33-37-54(77-3)38-34-50/h5-40,43,56,58,61H,41-42H2,1-4H3,(H2,70,71,72,74)/t56-,58-,61+,65-/m0/s1. The van der Waals surface area contributed by atoms with Crippen molar-refractivity contribution in [3.05, 3.63) is 291 Å². The van der Waals surface area contributed by atoms with Gasteiger partial charge in [-0.25, -0.2) is 19.0 Å². The lowest BCUT2D eigenvalue weighted by molar-refractivity contribution is -0.178. The molecule has 0 aliphatic carbocycles. The third-order valence-corrected chi connectivity index (χ3v) is 15.0. The molecule has 1 saturated heterocycles. The summed E-state index contributed by atoms with van der Waals surface area (Å²) in [5, 5.41) is 3.61. The summed E-state index contributed by atoms with van der Waals surface area (Å²) < 4.78 is 58.3. The van der Waals surface area contributed by atoms with Gasteiger partial charge in [-0.15, -0.1) is 0 Å². The summed E-state index contributed by atoms with van der Waals surface area (Å²) in [5.41, 5.74) is 0.785. The number of alkyl halides is 1. The van der Waals surface area contributed by atoms with Crippen molar-refractivity contribution in [3.63, 3.8) is 0 Å². The number of methoxy groups -OCH3 is 2. The van der Waals surface area contributed by atoms with Crippen LogP contribution in [0.3, 0.4) is 0 Å². The number of fused-ring (bicyclic) bond motifs is 1. The van der Waals surface area contributed by atoms with E-state index in [1.54, 1.807) is 62.8 Å². The van der Waals surface area contributed by atoms with Crippen molar-refractivity contribution in [1.29, 1.82) is 0 Å². The number of benzene rings is 8. The van der Waals surface area contributed by atoms with Gasteiger partial charge in [0.2, 0.25) is 5.95 Å². The Labute approximate surface area is 473 Å². The van der Waals surface area contributed by atoms with E-state index in [4.69, 9.17) is 33.4 Å². The van der Waals surface area contributed by atoms with E-state index >= 15 is 4.39 Å². The maximum atomic E-state index is 18.7. The topological polar surface area (TPSA) is 165 Å². The lowest BCUT2D eigenvalue weighted by atomic mass is 9.77. The monoisotopic (exact) mass is 1100 g/mol. The molecule has 4 atom stereocenters. The first kappa shape index (κ1) is 54.3. The third kappa shape index (κ3) is 10.4. The number of anilines is 1. The van der Waals surface area contributed by atoms with Crippen LogP contribution in [0.4, 0.5) is 10.3 Å². The molecule has 412 valence electrons. The van der Waals surface area contributed by atoms with Crippen LogP contribution in [-0.4, -0.2) is 76.8 Å². The molecule has 0 unspecified atom stereocenters. The maximum Gasteiger partial charge on any atom is 0.338 e. The number of ether oxygens (including phenoxy) is 6. The van der Waals surface area contributed by atoms with Gasteiger partial charge in [0.15, 0.2) is 35.3 Å². The number of aromatic nitrogens is 4. The van der Waals surface area contributed by atoms with Gasteiger partial charge in [0.25, 0.3) is 5.56 Å². The number of H-pyrrole nitrogens is 1. The van der Waals surface area contributed by atoms with Gasteiger partial charge < -0.3 is 33.7 Å². The number of halogens is 1. The number of esters is 2. The molecule has 11 rings (SSSR count). The molecule has 15 heteroatoms. The van der Waals surface area contributed by atoms with E-state index in [0.717, 1.165) is 27.8 Å². The van der Waals surface area contributed by atoms with E-state index in [-0.39, 0.29) is 28.2 Å². The van der Waals surface area contributed by atoms with Crippen molar-refractivity contribution in [2.24, 2.45) is 0 Å². The molecular weight excluding hydrogens is 1040 g/mol. The number of nitrogens with one attached hydrogen (secondary N) is 2. The molecule has 2 aromatic heterocycles. The van der Waals surface area contributed by atoms with Crippen molar-refractivity contribution in [2.45, 2.75) is 49.1 Å². The fourth-order valence-corrected chi connectivity index (χ4v) is 10.7. The zero-order valence-corrected chi connectivity index (χ0v) is 45.4. The number of rotatable bonds is 19. The number of aryl methyl sites for hydroxylation is 2. The van der Waals surface area contributed by atoms with Gasteiger partial charge in [0.05, 0.1) is 38.3 Å². The van der Waals surface area contributed by atoms with E-state index < -0.39 is 66.0 Å². The van der Waals surface area contributed by atoms with Crippen molar-refractivity contribution in [2.75, 3.05) is 32.8 Å². The molecule has 0 radical (unpaired) electrons. The number of nitrogens with zero attached hydrogens (tertiary/aromatic N) is 3. The molecule has 10 aromatic rings. The first-order valence-electron chi connectivity index (χ1n) is 26.7. The van der Waals surface area contributed by atoms with E-state index in [1.165, 1.54) is 10.9 Å². The SMILES string of the molecule is COc1ccc(C(Nc2nc3c(ncn3[C@@H]3O[C@@](COC(=O)c4ccc(C)cc4)(COC(c4ccccc4)(c4ccccc4)c4ccc(OC)cc4)[C@@H](OC(=O)c4ccc(C)cc4)[C@@H]3F)c(=O)[nH]2)(c2ccccc2)c2ccccc2)cc1. The average Bonchev–Trinajstić information content (AvgIpc) is 4.24. The summed E-state index contributed by atoms with van der Waals surface area (Å²) in [6.07, 6.45) is -4.62. The average molecular weight is 1100 g/mol. The molecule has 14 nitrogen and oxygen atoms in total. The highest BCUT2D eigenvalue weighted by molar-refractivity contribution is 5.90. The predicted molar refractivity (Wildman–Crippen MR) is 309 cm³/mol. The summed E-state index contributed by atoms with van der Waals surface area (Å²) in [6.45, 7) is 2.50. The zero-order valence-electron chi connectivity index (χ0n) is 45.4. The minimum absolute atomic E-state index is 0.00449. The van der Waals surface area contributed by atoms with Gasteiger partial charge in [0, 0.05) is 0 Å². The number of hydrogen-bond acceptors (Lipinski definition) is 12. The normalized spacial score (nSPS) is 17.0. The Morgan fingerprint density at radius 2 is 1.06 bits per heavy atom. The van der Waals surface area contributed by atoms with Crippen LogP contribution in [0.5, 0.6) is 11.5 Å². The molecule has 82 heavy (non-hydrogen) atoms. The van der Waals surface area contributed by atoms with Crippen molar-refractivity contribution >= 4 is 29.1 Å². The molecule has 8 aromatic carbocycles. The predicted octanol–water partition coefficient (Wildman–Crippen LogP) is 11.9. The van der Waals surface area contributed by atoms with Crippen LogP contribution >= 0.6 is 0 Å². The Kier molecular flexibility index (Phi) is 15.3. The van der Waals surface area contributed by atoms with Crippen molar-refractivity contribution in [3.8, 4) is 11.5 Å². The highest BCUT2D eigenvalue weighted by Gasteiger charge is 2.61. The van der Waals surface area contributed by atoms with Crippen LogP contribution in [0.1, 0.15) is 71.5 Å². The van der Waals surface area contributed by atoms with E-state index in [1.807, 2.05) is 184 Å². The molecule has 1 aliphatic rings. The Balaban J connectivity index is 1.08. The summed E-state index contributed by atoms with van der Waals surface area (Å²) in [4.78, 5) is 55.7. The van der Waals surface area contributed by atoms with E-state index in [2.05, 4.69) is 15.3 Å². The number of hydrogen-bond donors (Lipinski definition) is 2. The second-order valence-electron chi connectivity index (χ2n) is 20.2. The largest absolute Gasteiger partial charge is 0.497 e. The fourth-order valence-electron chi connectivity index (χ4n) is 10.7. The molecule has 0 amide bonds. The van der Waals surface area contributed by atoms with E-state index in [0.29, 0.717) is 28.2 Å². The minimum atomic E-state index is -2.26. The summed E-state index contributed by atoms with van der Waals surface area (Å²) >= 11 is 0. The molecule has 1 aliphatic heterocycles. The highest BCUT2D eigenvalue weighted by atomic mass is 19.1. The molecule has 1 fully saturated rings. The van der Waals surface area contributed by atoms with Crippen molar-refractivity contribution in [1.82, 2.24) is 19.5 Å². The minimum Gasteiger partial charge on any atom is -0.497 e. The maximum absolute atomic E-state index is 18.7. The van der Waals surface area contributed by atoms with Gasteiger partial charge in [-0.2, -0.15) is 4.98 Å². The summed E-state index contributed by atoms with van der Waals surface area (Å²) in [6, 6.07) is 66.7. The number of imidazole rings is 1. The van der Waals surface area contributed by atoms with Gasteiger partial charge in [0.1, 0.15) is 29.2 Å². The van der Waals surface area contributed by atoms with Crippen LogP contribution in [0.15, 0.2) is 230 Å². The lowest BCUT2D eigenvalue weighted by Gasteiger charge is -2.40. The van der Waals surface area contributed by atoms with Crippen LogP contribution in [0, 0.1) is 13.8 Å². The molecule has 0 bridgehead atoms. The van der Waals surface area contributed by atoms with Gasteiger partial charge in [-0.1, -0.05) is 181 Å². The summed E-state index contributed by atoms with van der Waals surface area (Å²) in [5.74, 6) is -0.420. The highest BCUT2D eigenvalue weighted by Crippen LogP contribution is 2.48. The van der Waals surface area contributed by atoms with Crippen LogP contribution in [-0.2, 0) is 30.1 Å². The quantitative estimate of drug-likeness (QED) is 0.0582. The van der Waals surface area contributed by atoms with Crippen molar-refractivity contribution < 1.29 is 42.4 Å². The number of carbonyl (C=O) groups is 2. The van der Waals surface area contributed by atoms with Crippen LogP contribution in [0.25, 0.3) is 11.2 Å². The molecule has 2 N–H and O–H groups in total. The molecular formula is C67H58FN5O9. The Hall–Kier alpha value is -9.70. The number of carbonyl (C=O) groups excluding carboxylic acids is 2.